The number of sulfone groups is 1. The predicted octanol–water partition coefficient (Wildman–Crippen LogP) is 0.244. The smallest absolute Gasteiger partial charge is 0.244 e. The van der Waals surface area contributed by atoms with Gasteiger partial charge in [0.25, 0.3) is 0 Å². The normalized spacial score (nSPS) is 24.4. The fourth-order valence-electron chi connectivity index (χ4n) is 1.83. The summed E-state index contributed by atoms with van der Waals surface area (Å²) < 4.78 is 28.5. The van der Waals surface area contributed by atoms with Gasteiger partial charge in [-0.15, -0.1) is 0 Å². The Kier molecular flexibility index (Phi) is 3.25. The Balaban J connectivity index is 2.22. The Morgan fingerprint density at radius 2 is 2.25 bits per heavy atom. The van der Waals surface area contributed by atoms with E-state index in [2.05, 4.69) is 10.1 Å². The molecule has 6 nitrogen and oxygen atoms in total. The molecule has 1 N–H and O–H groups in total. The van der Waals surface area contributed by atoms with Crippen LogP contribution in [0.4, 0.5) is 0 Å². The van der Waals surface area contributed by atoms with Crippen molar-refractivity contribution in [2.24, 2.45) is 0 Å². The zero-order valence-electron chi connectivity index (χ0n) is 8.79. The summed E-state index contributed by atoms with van der Waals surface area (Å²) in [5, 5.41) is 11.7. The Morgan fingerprint density at radius 1 is 1.44 bits per heavy atom. The average Bonchev–Trinajstić information content (AvgIpc) is 2.66. The van der Waals surface area contributed by atoms with Gasteiger partial charge in [-0.25, -0.2) is 8.42 Å². The van der Waals surface area contributed by atoms with Crippen molar-refractivity contribution in [3.8, 4) is 0 Å². The highest BCUT2D eigenvalue weighted by molar-refractivity contribution is 7.91. The van der Waals surface area contributed by atoms with Gasteiger partial charge in [-0.2, -0.15) is 4.98 Å². The van der Waals surface area contributed by atoms with Crippen LogP contribution in [0.3, 0.4) is 0 Å². The summed E-state index contributed by atoms with van der Waals surface area (Å²) in [6.07, 6.45) is 2.40. The number of aliphatic hydroxyl groups is 1. The van der Waals surface area contributed by atoms with Crippen LogP contribution in [0.15, 0.2) is 4.52 Å². The van der Waals surface area contributed by atoms with E-state index in [1.165, 1.54) is 0 Å². The first-order valence-corrected chi connectivity index (χ1v) is 7.00. The fourth-order valence-corrected chi connectivity index (χ4v) is 3.65. The second-order valence-corrected chi connectivity index (χ2v) is 6.18. The van der Waals surface area contributed by atoms with Crippen LogP contribution in [0, 0.1) is 0 Å². The van der Waals surface area contributed by atoms with Gasteiger partial charge in [-0.1, -0.05) is 11.6 Å². The summed E-state index contributed by atoms with van der Waals surface area (Å²) in [5.74, 6) is 0.719. The topological polar surface area (TPSA) is 93.3 Å². The Bertz CT molecular complexity index is 454. The SMILES string of the molecule is O=S1(=O)CCCCC1c1nc(CCO)no1. The molecule has 0 amide bonds. The van der Waals surface area contributed by atoms with Gasteiger partial charge >= 0.3 is 0 Å². The minimum Gasteiger partial charge on any atom is -0.396 e. The highest BCUT2D eigenvalue weighted by Crippen LogP contribution is 2.32. The van der Waals surface area contributed by atoms with E-state index in [1.807, 2.05) is 0 Å². The van der Waals surface area contributed by atoms with Crippen LogP contribution >= 0.6 is 0 Å². The molecule has 2 heterocycles. The largest absolute Gasteiger partial charge is 0.396 e. The van der Waals surface area contributed by atoms with Crippen LogP contribution in [-0.2, 0) is 16.3 Å². The highest BCUT2D eigenvalue weighted by atomic mass is 32.2. The van der Waals surface area contributed by atoms with Crippen molar-refractivity contribution in [1.82, 2.24) is 10.1 Å². The number of hydrogen-bond donors (Lipinski definition) is 1. The quantitative estimate of drug-likeness (QED) is 0.821. The number of nitrogens with zero attached hydrogens (tertiary/aromatic N) is 2. The van der Waals surface area contributed by atoms with E-state index >= 15 is 0 Å². The molecule has 0 aliphatic carbocycles. The molecule has 90 valence electrons. The van der Waals surface area contributed by atoms with Gasteiger partial charge < -0.3 is 9.63 Å². The summed E-state index contributed by atoms with van der Waals surface area (Å²) in [5.41, 5.74) is 0. The van der Waals surface area contributed by atoms with Crippen molar-refractivity contribution in [2.45, 2.75) is 30.9 Å². The van der Waals surface area contributed by atoms with Crippen molar-refractivity contribution in [2.75, 3.05) is 12.4 Å². The van der Waals surface area contributed by atoms with Gasteiger partial charge in [0.1, 0.15) is 5.25 Å². The molecule has 2 rings (SSSR count). The molecule has 1 atom stereocenters. The van der Waals surface area contributed by atoms with Crippen LogP contribution in [0.2, 0.25) is 0 Å². The molecular weight excluding hydrogens is 232 g/mol. The Hall–Kier alpha value is -0.950. The zero-order valence-corrected chi connectivity index (χ0v) is 9.61. The van der Waals surface area contributed by atoms with E-state index in [0.29, 0.717) is 18.7 Å². The van der Waals surface area contributed by atoms with E-state index in [0.717, 1.165) is 6.42 Å². The Labute approximate surface area is 93.6 Å². The van der Waals surface area contributed by atoms with Gasteiger partial charge in [-0.3, -0.25) is 0 Å². The Morgan fingerprint density at radius 3 is 2.94 bits per heavy atom. The van der Waals surface area contributed by atoms with E-state index in [1.54, 1.807) is 0 Å². The molecule has 0 bridgehead atoms. The first kappa shape index (κ1) is 11.5. The molecule has 0 aromatic carbocycles. The van der Waals surface area contributed by atoms with E-state index in [9.17, 15) is 8.42 Å². The number of aliphatic hydroxyl groups excluding tert-OH is 1. The molecular formula is C9H14N2O4S. The number of rotatable bonds is 3. The molecule has 16 heavy (non-hydrogen) atoms. The summed E-state index contributed by atoms with van der Waals surface area (Å²) in [7, 11) is -3.14. The lowest BCUT2D eigenvalue weighted by Crippen LogP contribution is -2.21. The first-order valence-electron chi connectivity index (χ1n) is 5.28. The van der Waals surface area contributed by atoms with E-state index < -0.39 is 15.1 Å². The standard InChI is InChI=1S/C9H14N2O4S/c12-5-4-8-10-9(15-11-8)7-3-1-2-6-16(7,13)14/h7,12H,1-6H2. The highest BCUT2D eigenvalue weighted by Gasteiger charge is 2.34. The summed E-state index contributed by atoms with van der Waals surface area (Å²) in [4.78, 5) is 4.00. The van der Waals surface area contributed by atoms with Crippen molar-refractivity contribution in [3.05, 3.63) is 11.7 Å². The van der Waals surface area contributed by atoms with Gasteiger partial charge in [0.15, 0.2) is 15.7 Å². The molecule has 1 aliphatic rings. The third-order valence-electron chi connectivity index (χ3n) is 2.67. The minimum atomic E-state index is -3.14. The van der Waals surface area contributed by atoms with Gasteiger partial charge in [0, 0.05) is 6.42 Å². The fraction of sp³-hybridized carbons (Fsp3) is 0.778. The van der Waals surface area contributed by atoms with Crippen LogP contribution in [0.5, 0.6) is 0 Å². The van der Waals surface area contributed by atoms with Crippen LogP contribution in [0.25, 0.3) is 0 Å². The van der Waals surface area contributed by atoms with Crippen LogP contribution in [0.1, 0.15) is 36.2 Å². The van der Waals surface area contributed by atoms with Gasteiger partial charge in [0.05, 0.1) is 12.4 Å². The third kappa shape index (κ3) is 2.25. The molecule has 1 fully saturated rings. The maximum Gasteiger partial charge on any atom is 0.244 e. The van der Waals surface area contributed by atoms with Gasteiger partial charge in [0.2, 0.25) is 5.89 Å². The second-order valence-electron chi connectivity index (χ2n) is 3.87. The molecule has 0 saturated carbocycles. The van der Waals surface area contributed by atoms with E-state index in [-0.39, 0.29) is 24.7 Å². The monoisotopic (exact) mass is 246 g/mol. The lowest BCUT2D eigenvalue weighted by molar-refractivity contribution is 0.292. The molecule has 1 aromatic heterocycles. The molecule has 1 aliphatic heterocycles. The van der Waals surface area contributed by atoms with Crippen molar-refractivity contribution in [3.63, 3.8) is 0 Å². The minimum absolute atomic E-state index is 0.0730. The zero-order chi connectivity index (χ0) is 11.6. The third-order valence-corrected chi connectivity index (χ3v) is 4.84. The lowest BCUT2D eigenvalue weighted by atomic mass is 10.2. The molecule has 1 unspecified atom stereocenters. The molecule has 7 heteroatoms. The maximum atomic E-state index is 11.8. The first-order chi connectivity index (χ1) is 7.63. The molecule has 0 spiro atoms. The molecule has 1 aromatic rings. The summed E-state index contributed by atoms with van der Waals surface area (Å²) >= 11 is 0. The summed E-state index contributed by atoms with van der Waals surface area (Å²) in [6, 6.07) is 0. The maximum absolute atomic E-state index is 11.8. The van der Waals surface area contributed by atoms with E-state index in [4.69, 9.17) is 9.63 Å². The second kappa shape index (κ2) is 4.50. The molecule has 0 radical (unpaired) electrons. The van der Waals surface area contributed by atoms with Crippen LogP contribution < -0.4 is 0 Å². The van der Waals surface area contributed by atoms with Crippen molar-refractivity contribution >= 4 is 9.84 Å². The van der Waals surface area contributed by atoms with Crippen molar-refractivity contribution in [1.29, 1.82) is 0 Å². The lowest BCUT2D eigenvalue weighted by Gasteiger charge is -2.18. The molecule has 1 saturated heterocycles. The number of hydrogen-bond acceptors (Lipinski definition) is 6. The van der Waals surface area contributed by atoms with Crippen LogP contribution in [-0.4, -0.2) is 36.0 Å². The summed E-state index contributed by atoms with van der Waals surface area (Å²) in [6.45, 7) is -0.0730. The van der Waals surface area contributed by atoms with Crippen molar-refractivity contribution < 1.29 is 18.0 Å². The number of aromatic nitrogens is 2. The predicted molar refractivity (Wildman–Crippen MR) is 55.5 cm³/mol. The average molecular weight is 246 g/mol. The van der Waals surface area contributed by atoms with Gasteiger partial charge in [-0.05, 0) is 12.8 Å².